The van der Waals surface area contributed by atoms with Crippen LogP contribution in [-0.2, 0) is 11.3 Å². The molecule has 0 saturated carbocycles. The van der Waals surface area contributed by atoms with Crippen molar-refractivity contribution < 1.29 is 18.3 Å². The van der Waals surface area contributed by atoms with Gasteiger partial charge in [-0.25, -0.2) is 14.1 Å². The Morgan fingerprint density at radius 2 is 1.94 bits per heavy atom. The average Bonchev–Trinajstić information content (AvgIpc) is 3.47. The first kappa shape index (κ1) is 19.6. The maximum Gasteiger partial charge on any atom is 0.294 e. The van der Waals surface area contributed by atoms with Gasteiger partial charge in [0.25, 0.3) is 5.56 Å². The number of thiazole rings is 1. The van der Waals surface area contributed by atoms with Crippen molar-refractivity contribution in [2.24, 2.45) is 0 Å². The fourth-order valence-electron chi connectivity index (χ4n) is 3.38. The number of rotatable bonds is 5. The van der Waals surface area contributed by atoms with Crippen LogP contribution < -0.4 is 10.5 Å². The molecule has 1 fully saturated rings. The van der Waals surface area contributed by atoms with Gasteiger partial charge in [-0.3, -0.25) is 9.59 Å². The molecule has 0 aliphatic carbocycles. The molecule has 1 aliphatic rings. The molecule has 4 aromatic rings. The van der Waals surface area contributed by atoms with Gasteiger partial charge in [0.1, 0.15) is 18.1 Å². The van der Waals surface area contributed by atoms with E-state index in [0.717, 1.165) is 4.68 Å². The Balaban J connectivity index is 1.59. The van der Waals surface area contributed by atoms with Gasteiger partial charge in [0, 0.05) is 18.7 Å². The molecular formula is C21H17FN4O4S. The highest BCUT2D eigenvalue weighted by Crippen LogP contribution is 2.34. The first-order valence-electron chi connectivity index (χ1n) is 9.67. The normalized spacial score (nSPS) is 14.3. The molecule has 31 heavy (non-hydrogen) atoms. The molecule has 0 unspecified atom stereocenters. The van der Waals surface area contributed by atoms with E-state index in [1.54, 1.807) is 12.1 Å². The number of nitrogens with zero attached hydrogens (tertiary/aromatic N) is 4. The summed E-state index contributed by atoms with van der Waals surface area (Å²) in [7, 11) is 0. The number of carbonyl (C=O) groups excluding carboxylic acids is 1. The second kappa shape index (κ2) is 8.05. The number of morpholine rings is 1. The second-order valence-corrected chi connectivity index (χ2v) is 7.97. The minimum absolute atomic E-state index is 0.236. The van der Waals surface area contributed by atoms with Gasteiger partial charge >= 0.3 is 0 Å². The number of hydrogen-bond acceptors (Lipinski definition) is 8. The zero-order valence-electron chi connectivity index (χ0n) is 16.3. The number of furan rings is 1. The molecule has 10 heteroatoms. The SMILES string of the molecule is O=C(Cn1nc(-c2ccco2)c2sc(N3CCOCC3)nc2c1=O)c1ccc(F)cc1. The van der Waals surface area contributed by atoms with E-state index in [0.29, 0.717) is 53.2 Å². The van der Waals surface area contributed by atoms with E-state index in [1.165, 1.54) is 41.9 Å². The van der Waals surface area contributed by atoms with Crippen LogP contribution in [0.1, 0.15) is 10.4 Å². The number of fused-ring (bicyclic) bond motifs is 1. The lowest BCUT2D eigenvalue weighted by Gasteiger charge is -2.25. The zero-order valence-corrected chi connectivity index (χ0v) is 17.1. The second-order valence-electron chi connectivity index (χ2n) is 6.99. The molecule has 0 amide bonds. The summed E-state index contributed by atoms with van der Waals surface area (Å²) >= 11 is 1.37. The molecule has 0 bridgehead atoms. The molecule has 158 valence electrons. The number of aromatic nitrogens is 3. The van der Waals surface area contributed by atoms with Crippen LogP contribution in [0.5, 0.6) is 0 Å². The largest absolute Gasteiger partial charge is 0.463 e. The molecule has 4 heterocycles. The van der Waals surface area contributed by atoms with Crippen LogP contribution in [-0.4, -0.2) is 46.9 Å². The number of benzene rings is 1. The van der Waals surface area contributed by atoms with Crippen LogP contribution in [0.3, 0.4) is 0 Å². The standard InChI is InChI=1S/C21H17FN4O4S/c22-14-5-3-13(4-6-14)15(27)12-26-20(28)18-19(17(24-26)16-2-1-9-30-16)31-21(23-18)25-7-10-29-11-8-25/h1-6,9H,7-8,10-12H2. The Hall–Kier alpha value is -3.37. The van der Waals surface area contributed by atoms with Crippen molar-refractivity contribution in [3.63, 3.8) is 0 Å². The molecule has 1 aromatic carbocycles. The van der Waals surface area contributed by atoms with Gasteiger partial charge in [0.2, 0.25) is 0 Å². The summed E-state index contributed by atoms with van der Waals surface area (Å²) in [6.07, 6.45) is 1.52. The highest BCUT2D eigenvalue weighted by molar-refractivity contribution is 7.22. The summed E-state index contributed by atoms with van der Waals surface area (Å²) in [5.74, 6) is -0.320. The molecule has 1 saturated heterocycles. The van der Waals surface area contributed by atoms with Crippen molar-refractivity contribution in [3.05, 3.63) is 64.4 Å². The fraction of sp³-hybridized carbons (Fsp3) is 0.238. The number of ketones is 1. The number of Topliss-reactive ketones (excluding diaryl/α,β-unsaturated/α-hetero) is 1. The predicted octanol–water partition coefficient (Wildman–Crippen LogP) is 2.97. The van der Waals surface area contributed by atoms with Gasteiger partial charge in [-0.05, 0) is 36.4 Å². The van der Waals surface area contributed by atoms with E-state index in [1.807, 2.05) is 0 Å². The molecule has 5 rings (SSSR count). The molecule has 0 atom stereocenters. The lowest BCUT2D eigenvalue weighted by molar-refractivity contribution is 0.0966. The first-order chi connectivity index (χ1) is 15.1. The topological polar surface area (TPSA) is 90.5 Å². The number of anilines is 1. The number of halogens is 1. The third kappa shape index (κ3) is 3.75. The van der Waals surface area contributed by atoms with Gasteiger partial charge in [-0.1, -0.05) is 11.3 Å². The van der Waals surface area contributed by atoms with Crippen molar-refractivity contribution in [2.45, 2.75) is 6.54 Å². The molecular weight excluding hydrogens is 423 g/mol. The van der Waals surface area contributed by atoms with Crippen LogP contribution >= 0.6 is 11.3 Å². The van der Waals surface area contributed by atoms with Gasteiger partial charge < -0.3 is 14.1 Å². The first-order valence-corrected chi connectivity index (χ1v) is 10.5. The maximum absolute atomic E-state index is 13.2. The summed E-state index contributed by atoms with van der Waals surface area (Å²) in [6, 6.07) is 8.65. The minimum Gasteiger partial charge on any atom is -0.463 e. The predicted molar refractivity (Wildman–Crippen MR) is 113 cm³/mol. The quantitative estimate of drug-likeness (QED) is 0.441. The number of hydrogen-bond donors (Lipinski definition) is 0. The molecule has 3 aromatic heterocycles. The Kier molecular flexibility index (Phi) is 5.08. The van der Waals surface area contributed by atoms with Crippen LogP contribution in [0, 0.1) is 5.82 Å². The van der Waals surface area contributed by atoms with Crippen molar-refractivity contribution in [2.75, 3.05) is 31.2 Å². The van der Waals surface area contributed by atoms with E-state index in [2.05, 4.69) is 15.0 Å². The average molecular weight is 440 g/mol. The molecule has 8 nitrogen and oxygen atoms in total. The highest BCUT2D eigenvalue weighted by Gasteiger charge is 2.23. The maximum atomic E-state index is 13.2. The molecule has 0 N–H and O–H groups in total. The summed E-state index contributed by atoms with van der Waals surface area (Å²) < 4.78 is 25.8. The summed E-state index contributed by atoms with van der Waals surface area (Å²) in [4.78, 5) is 32.4. The Morgan fingerprint density at radius 1 is 1.16 bits per heavy atom. The van der Waals surface area contributed by atoms with Gasteiger partial charge in [0.15, 0.2) is 22.2 Å². The van der Waals surface area contributed by atoms with Crippen LogP contribution in [0.4, 0.5) is 9.52 Å². The monoisotopic (exact) mass is 440 g/mol. The van der Waals surface area contributed by atoms with Gasteiger partial charge in [-0.2, -0.15) is 5.10 Å². The minimum atomic E-state index is -0.462. The lowest BCUT2D eigenvalue weighted by Crippen LogP contribution is -2.36. The van der Waals surface area contributed by atoms with E-state index in [-0.39, 0.29) is 17.8 Å². The van der Waals surface area contributed by atoms with Crippen molar-refractivity contribution in [3.8, 4) is 11.5 Å². The van der Waals surface area contributed by atoms with Gasteiger partial charge in [-0.15, -0.1) is 0 Å². The fourth-order valence-corrected chi connectivity index (χ4v) is 4.48. The summed E-state index contributed by atoms with van der Waals surface area (Å²) in [5.41, 5.74) is 0.516. The van der Waals surface area contributed by atoms with Crippen molar-refractivity contribution >= 4 is 32.5 Å². The van der Waals surface area contributed by atoms with Gasteiger partial charge in [0.05, 0.1) is 24.2 Å². The third-order valence-corrected chi connectivity index (χ3v) is 6.11. The van der Waals surface area contributed by atoms with E-state index < -0.39 is 11.4 Å². The number of ether oxygens (including phenoxy) is 1. The van der Waals surface area contributed by atoms with E-state index in [4.69, 9.17) is 9.15 Å². The molecule has 0 radical (unpaired) electrons. The molecule has 0 spiro atoms. The van der Waals surface area contributed by atoms with Crippen LogP contribution in [0.2, 0.25) is 0 Å². The highest BCUT2D eigenvalue weighted by atomic mass is 32.1. The Morgan fingerprint density at radius 3 is 2.65 bits per heavy atom. The number of carbonyl (C=O) groups is 1. The van der Waals surface area contributed by atoms with Crippen molar-refractivity contribution in [1.29, 1.82) is 0 Å². The van der Waals surface area contributed by atoms with Crippen molar-refractivity contribution in [1.82, 2.24) is 14.8 Å². The Bertz CT molecular complexity index is 1290. The summed E-state index contributed by atoms with van der Waals surface area (Å²) in [6.45, 7) is 2.25. The van der Waals surface area contributed by atoms with Crippen LogP contribution in [0.15, 0.2) is 51.9 Å². The van der Waals surface area contributed by atoms with E-state index >= 15 is 0 Å². The molecule has 1 aliphatic heterocycles. The lowest BCUT2D eigenvalue weighted by atomic mass is 10.1. The third-order valence-electron chi connectivity index (χ3n) is 4.98. The van der Waals surface area contributed by atoms with E-state index in [9.17, 15) is 14.0 Å². The van der Waals surface area contributed by atoms with Crippen LogP contribution in [0.25, 0.3) is 21.7 Å². The Labute approximate surface area is 179 Å². The zero-order chi connectivity index (χ0) is 21.4. The smallest absolute Gasteiger partial charge is 0.294 e. The summed E-state index contributed by atoms with van der Waals surface area (Å²) in [5, 5.41) is 5.13.